The van der Waals surface area contributed by atoms with Crippen LogP contribution in [-0.2, 0) is 0 Å². The minimum Gasteiger partial charge on any atom is -0.496 e. The first-order valence-corrected chi connectivity index (χ1v) is 6.91. The first kappa shape index (κ1) is 11.8. The molecule has 2 fully saturated rings. The van der Waals surface area contributed by atoms with Gasteiger partial charge in [0.2, 0.25) is 0 Å². The topological polar surface area (TPSA) is 15.7 Å². The lowest BCUT2D eigenvalue weighted by Gasteiger charge is -2.39. The Morgan fingerprint density at radius 3 is 2.89 bits per heavy atom. The minimum absolute atomic E-state index is 0.779. The van der Waals surface area contributed by atoms with Crippen LogP contribution in [0.2, 0.25) is 0 Å². The van der Waals surface area contributed by atoms with E-state index in [9.17, 15) is 0 Å². The number of anilines is 1. The van der Waals surface area contributed by atoms with Crippen LogP contribution in [0.15, 0.2) is 18.2 Å². The van der Waals surface area contributed by atoms with Crippen LogP contribution in [0.25, 0.3) is 0 Å². The Balaban J connectivity index is 1.76. The highest BCUT2D eigenvalue weighted by Crippen LogP contribution is 2.28. The highest BCUT2D eigenvalue weighted by Gasteiger charge is 2.30. The van der Waals surface area contributed by atoms with Gasteiger partial charge in [-0.3, -0.25) is 4.90 Å². The van der Waals surface area contributed by atoms with Gasteiger partial charge >= 0.3 is 0 Å². The van der Waals surface area contributed by atoms with Gasteiger partial charge in [-0.05, 0) is 50.1 Å². The third-order valence-corrected chi connectivity index (χ3v) is 4.33. The molecule has 0 spiro atoms. The van der Waals surface area contributed by atoms with Gasteiger partial charge in [0.15, 0.2) is 0 Å². The van der Waals surface area contributed by atoms with Crippen molar-refractivity contribution < 1.29 is 4.74 Å². The lowest BCUT2D eigenvalue weighted by Crippen LogP contribution is -2.50. The van der Waals surface area contributed by atoms with Gasteiger partial charge in [-0.25, -0.2) is 0 Å². The van der Waals surface area contributed by atoms with Crippen molar-refractivity contribution >= 4 is 5.69 Å². The van der Waals surface area contributed by atoms with E-state index in [1.165, 1.54) is 43.7 Å². The molecule has 0 amide bonds. The molecule has 0 bridgehead atoms. The Labute approximate surface area is 109 Å². The summed E-state index contributed by atoms with van der Waals surface area (Å²) < 4.78 is 5.33. The van der Waals surface area contributed by atoms with Crippen molar-refractivity contribution in [1.82, 2.24) is 4.90 Å². The van der Waals surface area contributed by atoms with Crippen LogP contribution in [0.3, 0.4) is 0 Å². The van der Waals surface area contributed by atoms with Gasteiger partial charge < -0.3 is 9.64 Å². The zero-order valence-corrected chi connectivity index (χ0v) is 11.4. The molecule has 3 nitrogen and oxygen atoms in total. The fraction of sp³-hybridized carbons (Fsp3) is 0.600. The number of hydrogen-bond acceptors (Lipinski definition) is 3. The molecule has 1 aromatic rings. The van der Waals surface area contributed by atoms with Crippen LogP contribution in [0.1, 0.15) is 18.4 Å². The molecule has 1 unspecified atom stereocenters. The first-order chi connectivity index (χ1) is 8.78. The van der Waals surface area contributed by atoms with Gasteiger partial charge in [0.1, 0.15) is 5.75 Å². The summed E-state index contributed by atoms with van der Waals surface area (Å²) in [7, 11) is 1.74. The Hall–Kier alpha value is -1.22. The molecule has 2 aliphatic heterocycles. The van der Waals surface area contributed by atoms with Crippen molar-refractivity contribution in [3.63, 3.8) is 0 Å². The van der Waals surface area contributed by atoms with E-state index in [2.05, 4.69) is 34.9 Å². The SMILES string of the molecule is COc1ccc(N2CCN3CCCC3C2)cc1C. The summed E-state index contributed by atoms with van der Waals surface area (Å²) in [5.41, 5.74) is 2.57. The molecule has 98 valence electrons. The van der Waals surface area contributed by atoms with E-state index in [0.717, 1.165) is 18.3 Å². The number of benzene rings is 1. The van der Waals surface area contributed by atoms with Gasteiger partial charge in [-0.1, -0.05) is 0 Å². The van der Waals surface area contributed by atoms with Crippen molar-refractivity contribution in [2.75, 3.05) is 38.2 Å². The van der Waals surface area contributed by atoms with E-state index in [1.807, 2.05) is 0 Å². The van der Waals surface area contributed by atoms with Crippen LogP contribution in [0.5, 0.6) is 5.75 Å². The summed E-state index contributed by atoms with van der Waals surface area (Å²) in [5.74, 6) is 0.984. The molecule has 0 aromatic heterocycles. The maximum absolute atomic E-state index is 5.33. The van der Waals surface area contributed by atoms with Crippen molar-refractivity contribution in [1.29, 1.82) is 0 Å². The van der Waals surface area contributed by atoms with E-state index < -0.39 is 0 Å². The second-order valence-corrected chi connectivity index (χ2v) is 5.43. The molecule has 3 heteroatoms. The normalized spacial score (nSPS) is 24.1. The maximum atomic E-state index is 5.33. The Morgan fingerprint density at radius 2 is 2.11 bits per heavy atom. The van der Waals surface area contributed by atoms with Crippen LogP contribution in [0.4, 0.5) is 5.69 Å². The molecule has 0 radical (unpaired) electrons. The molecule has 0 saturated carbocycles. The number of piperazine rings is 1. The summed E-state index contributed by atoms with van der Waals surface area (Å²) in [4.78, 5) is 5.17. The average Bonchev–Trinajstić information content (AvgIpc) is 2.85. The number of fused-ring (bicyclic) bond motifs is 1. The van der Waals surface area contributed by atoms with Crippen molar-refractivity contribution in [2.24, 2.45) is 0 Å². The fourth-order valence-corrected chi connectivity index (χ4v) is 3.28. The zero-order valence-electron chi connectivity index (χ0n) is 11.4. The molecule has 18 heavy (non-hydrogen) atoms. The molecular formula is C15H22N2O. The predicted octanol–water partition coefficient (Wildman–Crippen LogP) is 2.29. The lowest BCUT2D eigenvalue weighted by molar-refractivity contribution is 0.231. The van der Waals surface area contributed by atoms with Crippen LogP contribution < -0.4 is 9.64 Å². The summed E-state index contributed by atoms with van der Waals surface area (Å²) in [6.45, 7) is 6.98. The average molecular weight is 246 g/mol. The number of hydrogen-bond donors (Lipinski definition) is 0. The van der Waals surface area contributed by atoms with E-state index in [4.69, 9.17) is 4.74 Å². The molecule has 1 aromatic carbocycles. The summed E-state index contributed by atoms with van der Waals surface area (Å²) in [5, 5.41) is 0. The van der Waals surface area contributed by atoms with Crippen molar-refractivity contribution in [3.8, 4) is 5.75 Å². The van der Waals surface area contributed by atoms with E-state index >= 15 is 0 Å². The molecular weight excluding hydrogens is 224 g/mol. The molecule has 0 N–H and O–H groups in total. The van der Waals surface area contributed by atoms with Crippen LogP contribution >= 0.6 is 0 Å². The Kier molecular flexibility index (Phi) is 3.16. The highest BCUT2D eigenvalue weighted by atomic mass is 16.5. The van der Waals surface area contributed by atoms with Gasteiger partial charge in [-0.2, -0.15) is 0 Å². The van der Waals surface area contributed by atoms with Gasteiger partial charge in [-0.15, -0.1) is 0 Å². The fourth-order valence-electron chi connectivity index (χ4n) is 3.28. The monoisotopic (exact) mass is 246 g/mol. The molecule has 3 rings (SSSR count). The molecule has 2 aliphatic rings. The molecule has 2 saturated heterocycles. The van der Waals surface area contributed by atoms with E-state index in [-0.39, 0.29) is 0 Å². The molecule has 0 aliphatic carbocycles. The van der Waals surface area contributed by atoms with E-state index in [1.54, 1.807) is 7.11 Å². The number of ether oxygens (including phenoxy) is 1. The third kappa shape index (κ3) is 2.07. The largest absolute Gasteiger partial charge is 0.496 e. The van der Waals surface area contributed by atoms with Crippen molar-refractivity contribution in [2.45, 2.75) is 25.8 Å². The number of nitrogens with zero attached hydrogens (tertiary/aromatic N) is 2. The summed E-state index contributed by atoms with van der Waals surface area (Å²) >= 11 is 0. The highest BCUT2D eigenvalue weighted by molar-refractivity contribution is 5.53. The van der Waals surface area contributed by atoms with E-state index in [0.29, 0.717) is 0 Å². The van der Waals surface area contributed by atoms with Crippen molar-refractivity contribution in [3.05, 3.63) is 23.8 Å². The van der Waals surface area contributed by atoms with Gasteiger partial charge in [0, 0.05) is 31.4 Å². The second kappa shape index (κ2) is 4.81. The van der Waals surface area contributed by atoms with Crippen LogP contribution in [-0.4, -0.2) is 44.2 Å². The van der Waals surface area contributed by atoms with Gasteiger partial charge in [0.05, 0.1) is 7.11 Å². The number of aryl methyl sites for hydroxylation is 1. The maximum Gasteiger partial charge on any atom is 0.121 e. The molecule has 1 atom stereocenters. The van der Waals surface area contributed by atoms with Gasteiger partial charge in [0.25, 0.3) is 0 Å². The quantitative estimate of drug-likeness (QED) is 0.796. The standard InChI is InChI=1S/C15H22N2O/c1-12-10-13(5-6-15(12)18-2)17-9-8-16-7-3-4-14(16)11-17/h5-6,10,14H,3-4,7-9,11H2,1-2H3. The zero-order chi connectivity index (χ0) is 12.5. The summed E-state index contributed by atoms with van der Waals surface area (Å²) in [6, 6.07) is 7.31. The number of rotatable bonds is 2. The Morgan fingerprint density at radius 1 is 1.22 bits per heavy atom. The van der Waals surface area contributed by atoms with Crippen LogP contribution in [0, 0.1) is 6.92 Å². The minimum atomic E-state index is 0.779. The predicted molar refractivity (Wildman–Crippen MR) is 74.5 cm³/mol. The smallest absolute Gasteiger partial charge is 0.121 e. The second-order valence-electron chi connectivity index (χ2n) is 5.43. The third-order valence-electron chi connectivity index (χ3n) is 4.33. The first-order valence-electron chi connectivity index (χ1n) is 6.91. The number of methoxy groups -OCH3 is 1. The Bertz CT molecular complexity index is 433. The summed E-state index contributed by atoms with van der Waals surface area (Å²) in [6.07, 6.45) is 2.74. The lowest BCUT2D eigenvalue weighted by atomic mass is 10.1. The molecule has 2 heterocycles.